The van der Waals surface area contributed by atoms with E-state index in [1.165, 1.54) is 6.07 Å². The molecule has 0 fully saturated rings. The molecule has 0 spiro atoms. The van der Waals surface area contributed by atoms with Gasteiger partial charge < -0.3 is 15.1 Å². The second kappa shape index (κ2) is 8.97. The number of benzene rings is 3. The van der Waals surface area contributed by atoms with Crippen molar-refractivity contribution in [2.45, 2.75) is 13.0 Å². The number of anilines is 1. The standard InChI is InChI=1S/C23H18ClFN4O2/c1-14-11-12-16(13-19(14)25)26-23(30)27-20(15-7-3-2-4-8-15)22-29-28-21(31-22)17-9-5-6-10-18(17)24/h2-13,20H,1H3,(H2,26,27,30)/t20-/m1/s1. The number of halogens is 2. The first-order chi connectivity index (χ1) is 15.0. The summed E-state index contributed by atoms with van der Waals surface area (Å²) in [6, 6.07) is 19.5. The van der Waals surface area contributed by atoms with Crippen molar-refractivity contribution in [1.82, 2.24) is 15.5 Å². The lowest BCUT2D eigenvalue weighted by Crippen LogP contribution is -2.33. The number of urea groups is 1. The predicted octanol–water partition coefficient (Wildman–Crippen LogP) is 5.75. The fraction of sp³-hybridized carbons (Fsp3) is 0.0870. The van der Waals surface area contributed by atoms with Gasteiger partial charge in [-0.3, -0.25) is 0 Å². The number of nitrogens with one attached hydrogen (secondary N) is 2. The van der Waals surface area contributed by atoms with Crippen LogP contribution in [0.5, 0.6) is 0 Å². The average molecular weight is 437 g/mol. The van der Waals surface area contributed by atoms with Crippen LogP contribution in [0.3, 0.4) is 0 Å². The van der Waals surface area contributed by atoms with Crippen LogP contribution >= 0.6 is 11.6 Å². The summed E-state index contributed by atoms with van der Waals surface area (Å²) < 4.78 is 19.6. The van der Waals surface area contributed by atoms with Crippen molar-refractivity contribution >= 4 is 23.3 Å². The third-order valence-corrected chi connectivity index (χ3v) is 4.96. The molecule has 0 unspecified atom stereocenters. The SMILES string of the molecule is Cc1ccc(NC(=O)N[C@H](c2ccccc2)c2nnc(-c3ccccc3Cl)o2)cc1F. The maximum Gasteiger partial charge on any atom is 0.320 e. The van der Waals surface area contributed by atoms with E-state index in [0.717, 1.165) is 5.56 Å². The monoisotopic (exact) mass is 436 g/mol. The number of amides is 2. The minimum absolute atomic E-state index is 0.186. The molecule has 0 aliphatic carbocycles. The number of hydrogen-bond acceptors (Lipinski definition) is 4. The minimum Gasteiger partial charge on any atom is -0.418 e. The maximum atomic E-state index is 13.8. The number of hydrogen-bond donors (Lipinski definition) is 2. The zero-order valence-electron chi connectivity index (χ0n) is 16.5. The average Bonchev–Trinajstić information content (AvgIpc) is 3.25. The Morgan fingerprint density at radius 1 is 1.03 bits per heavy atom. The van der Waals surface area contributed by atoms with Gasteiger partial charge in [-0.1, -0.05) is 60.1 Å². The van der Waals surface area contributed by atoms with Crippen molar-refractivity contribution in [1.29, 1.82) is 0 Å². The zero-order chi connectivity index (χ0) is 21.8. The van der Waals surface area contributed by atoms with E-state index in [1.807, 2.05) is 36.4 Å². The van der Waals surface area contributed by atoms with E-state index in [1.54, 1.807) is 37.3 Å². The number of nitrogens with zero attached hydrogens (tertiary/aromatic N) is 2. The van der Waals surface area contributed by atoms with E-state index in [-0.39, 0.29) is 11.8 Å². The largest absolute Gasteiger partial charge is 0.418 e. The normalized spacial score (nSPS) is 11.7. The molecule has 4 aromatic rings. The highest BCUT2D eigenvalue weighted by Crippen LogP contribution is 2.29. The molecular formula is C23H18ClFN4O2. The lowest BCUT2D eigenvalue weighted by atomic mass is 10.1. The summed E-state index contributed by atoms with van der Waals surface area (Å²) in [4.78, 5) is 12.6. The molecule has 0 radical (unpaired) electrons. The number of aryl methyl sites for hydroxylation is 1. The molecule has 0 saturated heterocycles. The Morgan fingerprint density at radius 2 is 1.77 bits per heavy atom. The first-order valence-corrected chi connectivity index (χ1v) is 9.86. The first-order valence-electron chi connectivity index (χ1n) is 9.48. The Kier molecular flexibility index (Phi) is 5.95. The summed E-state index contributed by atoms with van der Waals surface area (Å²) in [5.41, 5.74) is 2.15. The Balaban J connectivity index is 1.60. The molecule has 31 heavy (non-hydrogen) atoms. The fourth-order valence-electron chi connectivity index (χ4n) is 3.00. The summed E-state index contributed by atoms with van der Waals surface area (Å²) in [6.07, 6.45) is 0. The number of aromatic nitrogens is 2. The van der Waals surface area contributed by atoms with Crippen LogP contribution in [0.2, 0.25) is 5.02 Å². The van der Waals surface area contributed by atoms with Crippen molar-refractivity contribution in [3.05, 3.63) is 101 Å². The molecule has 0 aliphatic heterocycles. The Labute approximate surface area is 183 Å². The predicted molar refractivity (Wildman–Crippen MR) is 116 cm³/mol. The van der Waals surface area contributed by atoms with Crippen LogP contribution in [0.4, 0.5) is 14.9 Å². The third-order valence-electron chi connectivity index (χ3n) is 4.63. The van der Waals surface area contributed by atoms with Gasteiger partial charge in [0, 0.05) is 5.69 Å². The van der Waals surface area contributed by atoms with E-state index >= 15 is 0 Å². The summed E-state index contributed by atoms with van der Waals surface area (Å²) in [5, 5.41) is 14.1. The van der Waals surface area contributed by atoms with Crippen molar-refractivity contribution in [2.24, 2.45) is 0 Å². The number of rotatable bonds is 5. The third kappa shape index (κ3) is 4.73. The van der Waals surface area contributed by atoms with Gasteiger partial charge in [-0.2, -0.15) is 0 Å². The molecule has 156 valence electrons. The Hall–Kier alpha value is -3.71. The molecule has 0 aliphatic rings. The lowest BCUT2D eigenvalue weighted by Gasteiger charge is -2.16. The summed E-state index contributed by atoms with van der Waals surface area (Å²) in [6.45, 7) is 1.65. The highest BCUT2D eigenvalue weighted by molar-refractivity contribution is 6.33. The fourth-order valence-corrected chi connectivity index (χ4v) is 3.21. The highest BCUT2D eigenvalue weighted by atomic mass is 35.5. The van der Waals surface area contributed by atoms with Gasteiger partial charge >= 0.3 is 6.03 Å². The van der Waals surface area contributed by atoms with E-state index in [9.17, 15) is 9.18 Å². The van der Waals surface area contributed by atoms with E-state index in [0.29, 0.717) is 21.8 Å². The van der Waals surface area contributed by atoms with Crippen LogP contribution in [0, 0.1) is 12.7 Å². The molecule has 1 atom stereocenters. The van der Waals surface area contributed by atoms with Gasteiger partial charge in [-0.05, 0) is 42.3 Å². The molecule has 2 amide bonds. The number of carbonyl (C=O) groups excluding carboxylic acids is 1. The minimum atomic E-state index is -0.722. The zero-order valence-corrected chi connectivity index (χ0v) is 17.2. The van der Waals surface area contributed by atoms with Crippen LogP contribution in [0.15, 0.2) is 77.2 Å². The van der Waals surface area contributed by atoms with Crippen LogP contribution in [-0.2, 0) is 0 Å². The quantitative estimate of drug-likeness (QED) is 0.417. The number of carbonyl (C=O) groups is 1. The van der Waals surface area contributed by atoms with Gasteiger partial charge in [0.1, 0.15) is 11.9 Å². The molecule has 8 heteroatoms. The molecule has 4 rings (SSSR count). The first kappa shape index (κ1) is 20.6. The second-order valence-electron chi connectivity index (χ2n) is 6.83. The van der Waals surface area contributed by atoms with Crippen LogP contribution in [-0.4, -0.2) is 16.2 Å². The topological polar surface area (TPSA) is 80.0 Å². The molecule has 1 aromatic heterocycles. The van der Waals surface area contributed by atoms with Crippen LogP contribution in [0.1, 0.15) is 23.1 Å². The van der Waals surface area contributed by atoms with Gasteiger partial charge in [-0.25, -0.2) is 9.18 Å². The smallest absolute Gasteiger partial charge is 0.320 e. The van der Waals surface area contributed by atoms with Gasteiger partial charge in [0.2, 0.25) is 11.8 Å². The second-order valence-corrected chi connectivity index (χ2v) is 7.24. The molecule has 1 heterocycles. The van der Waals surface area contributed by atoms with Crippen LogP contribution in [0.25, 0.3) is 11.5 Å². The molecule has 2 N–H and O–H groups in total. The molecular weight excluding hydrogens is 419 g/mol. The molecule has 0 bridgehead atoms. The molecule has 3 aromatic carbocycles. The molecule has 6 nitrogen and oxygen atoms in total. The lowest BCUT2D eigenvalue weighted by molar-refractivity contribution is 0.248. The summed E-state index contributed by atoms with van der Waals surface area (Å²) >= 11 is 6.22. The summed E-state index contributed by atoms with van der Waals surface area (Å²) in [7, 11) is 0. The van der Waals surface area contributed by atoms with Gasteiger partial charge in [0.25, 0.3) is 0 Å². The van der Waals surface area contributed by atoms with E-state index in [4.69, 9.17) is 16.0 Å². The Bertz CT molecular complexity index is 1210. The highest BCUT2D eigenvalue weighted by Gasteiger charge is 2.24. The van der Waals surface area contributed by atoms with Crippen molar-refractivity contribution < 1.29 is 13.6 Å². The van der Waals surface area contributed by atoms with Crippen molar-refractivity contribution in [3.8, 4) is 11.5 Å². The van der Waals surface area contributed by atoms with E-state index in [2.05, 4.69) is 20.8 Å². The van der Waals surface area contributed by atoms with Crippen molar-refractivity contribution in [2.75, 3.05) is 5.32 Å². The van der Waals surface area contributed by atoms with E-state index < -0.39 is 17.9 Å². The van der Waals surface area contributed by atoms with Crippen molar-refractivity contribution in [3.63, 3.8) is 0 Å². The Morgan fingerprint density at radius 3 is 2.52 bits per heavy atom. The van der Waals surface area contributed by atoms with Gasteiger partial charge in [-0.15, -0.1) is 10.2 Å². The van der Waals surface area contributed by atoms with Crippen LogP contribution < -0.4 is 10.6 Å². The van der Waals surface area contributed by atoms with Gasteiger partial charge in [0.15, 0.2) is 0 Å². The van der Waals surface area contributed by atoms with Gasteiger partial charge in [0.05, 0.1) is 10.6 Å². The summed E-state index contributed by atoms with van der Waals surface area (Å²) in [5.74, 6) is 0.0226. The maximum absolute atomic E-state index is 13.8. The molecule has 0 saturated carbocycles.